The lowest BCUT2D eigenvalue weighted by Gasteiger charge is -2.11. The number of para-hydroxylation sites is 1. The molecule has 2 aromatic rings. The molecule has 0 unspecified atom stereocenters. The number of benzene rings is 2. The van der Waals surface area contributed by atoms with Crippen molar-refractivity contribution in [1.29, 1.82) is 0 Å². The summed E-state index contributed by atoms with van der Waals surface area (Å²) in [7, 11) is 0. The maximum Gasteiger partial charge on any atom is 0.387 e. The third-order valence-corrected chi connectivity index (χ3v) is 2.54. The lowest BCUT2D eigenvalue weighted by Crippen LogP contribution is -2.09. The van der Waals surface area contributed by atoms with E-state index in [4.69, 9.17) is 9.84 Å². The summed E-state index contributed by atoms with van der Waals surface area (Å²) in [4.78, 5) is 10.6. The van der Waals surface area contributed by atoms with Crippen LogP contribution < -0.4 is 9.47 Å². The van der Waals surface area contributed by atoms with Crippen molar-refractivity contribution >= 4 is 5.97 Å². The molecular weight excluding hydrogens is 282 g/mol. The maximum absolute atomic E-state index is 12.2. The number of ether oxygens (including phenoxy) is 2. The van der Waals surface area contributed by atoms with Crippen LogP contribution in [0.25, 0.3) is 11.1 Å². The minimum absolute atomic E-state index is 0.101. The number of aliphatic carboxylic acids is 1. The molecule has 2 rings (SSSR count). The van der Waals surface area contributed by atoms with Gasteiger partial charge in [0, 0.05) is 11.6 Å². The van der Waals surface area contributed by atoms with Gasteiger partial charge in [0.2, 0.25) is 0 Å². The summed E-state index contributed by atoms with van der Waals surface area (Å²) < 4.78 is 33.9. The molecular formula is C15H11F2O4. The highest BCUT2D eigenvalue weighted by molar-refractivity contribution is 5.73. The third kappa shape index (κ3) is 4.17. The predicted octanol–water partition coefficient (Wildman–Crippen LogP) is 3.22. The SMILES string of the molecule is O=C(O)COc1ccccc1-c1cc[c]c(OC(F)F)c1. The van der Waals surface area contributed by atoms with E-state index in [9.17, 15) is 13.6 Å². The maximum atomic E-state index is 12.2. The van der Waals surface area contributed by atoms with E-state index >= 15 is 0 Å². The number of rotatable bonds is 6. The zero-order chi connectivity index (χ0) is 15.2. The van der Waals surface area contributed by atoms with E-state index in [2.05, 4.69) is 10.8 Å². The average Bonchev–Trinajstić information content (AvgIpc) is 2.45. The van der Waals surface area contributed by atoms with Crippen LogP contribution in [0.2, 0.25) is 0 Å². The number of carbonyl (C=O) groups is 1. The lowest BCUT2D eigenvalue weighted by molar-refractivity contribution is -0.139. The number of halogens is 2. The Hall–Kier alpha value is -2.63. The van der Waals surface area contributed by atoms with Gasteiger partial charge in [0.15, 0.2) is 6.61 Å². The van der Waals surface area contributed by atoms with E-state index in [0.717, 1.165) is 0 Å². The Bertz CT molecular complexity index is 629. The molecule has 0 amide bonds. The van der Waals surface area contributed by atoms with Gasteiger partial charge in [-0.05, 0) is 23.8 Å². The molecule has 0 heterocycles. The number of alkyl halides is 2. The molecule has 0 bridgehead atoms. The zero-order valence-corrected chi connectivity index (χ0v) is 10.8. The monoisotopic (exact) mass is 293 g/mol. The molecule has 0 saturated carbocycles. The van der Waals surface area contributed by atoms with Gasteiger partial charge in [-0.25, -0.2) is 4.79 Å². The summed E-state index contributed by atoms with van der Waals surface area (Å²) in [5, 5.41) is 8.65. The molecule has 4 nitrogen and oxygen atoms in total. The highest BCUT2D eigenvalue weighted by atomic mass is 19.3. The van der Waals surface area contributed by atoms with Crippen molar-refractivity contribution in [3.63, 3.8) is 0 Å². The molecule has 0 saturated heterocycles. The van der Waals surface area contributed by atoms with Gasteiger partial charge in [-0.1, -0.05) is 24.3 Å². The highest BCUT2D eigenvalue weighted by Crippen LogP contribution is 2.32. The average molecular weight is 293 g/mol. The number of carboxylic acid groups (broad SMARTS) is 1. The zero-order valence-electron chi connectivity index (χ0n) is 10.8. The van der Waals surface area contributed by atoms with Crippen molar-refractivity contribution in [3.8, 4) is 22.6 Å². The van der Waals surface area contributed by atoms with Gasteiger partial charge in [-0.15, -0.1) is 0 Å². The van der Waals surface area contributed by atoms with E-state index < -0.39 is 19.2 Å². The summed E-state index contributed by atoms with van der Waals surface area (Å²) in [6, 6.07) is 13.7. The Kier molecular flexibility index (Phi) is 4.71. The molecule has 0 spiro atoms. The minimum atomic E-state index is -2.94. The summed E-state index contributed by atoms with van der Waals surface area (Å²) in [5.41, 5.74) is 1.14. The first-order chi connectivity index (χ1) is 10.1. The molecule has 0 aliphatic rings. The molecule has 0 fully saturated rings. The minimum Gasteiger partial charge on any atom is -0.481 e. The number of carboxylic acids is 1. The van der Waals surface area contributed by atoms with Crippen LogP contribution >= 0.6 is 0 Å². The largest absolute Gasteiger partial charge is 0.481 e. The smallest absolute Gasteiger partial charge is 0.387 e. The van der Waals surface area contributed by atoms with Crippen molar-refractivity contribution in [3.05, 3.63) is 48.5 Å². The quantitative estimate of drug-likeness (QED) is 0.888. The Morgan fingerprint density at radius 3 is 2.76 bits per heavy atom. The van der Waals surface area contributed by atoms with E-state index in [0.29, 0.717) is 16.9 Å². The standard InChI is InChI=1S/C15H11F2O4/c16-15(17)21-11-5-3-4-10(8-11)12-6-1-2-7-13(12)20-9-14(18)19/h1-4,6-8,15H,9H2,(H,18,19). The third-order valence-electron chi connectivity index (χ3n) is 2.54. The van der Waals surface area contributed by atoms with Gasteiger partial charge in [-0.3, -0.25) is 0 Å². The van der Waals surface area contributed by atoms with E-state index in [-0.39, 0.29) is 5.75 Å². The summed E-state index contributed by atoms with van der Waals surface area (Å²) in [6.45, 7) is -3.42. The van der Waals surface area contributed by atoms with Gasteiger partial charge in [0.05, 0.1) is 0 Å². The van der Waals surface area contributed by atoms with Crippen LogP contribution in [-0.4, -0.2) is 24.3 Å². The Balaban J connectivity index is 2.30. The van der Waals surface area contributed by atoms with Crippen molar-refractivity contribution in [1.82, 2.24) is 0 Å². The van der Waals surface area contributed by atoms with Crippen LogP contribution in [0, 0.1) is 6.07 Å². The van der Waals surface area contributed by atoms with Gasteiger partial charge in [0.25, 0.3) is 0 Å². The first-order valence-corrected chi connectivity index (χ1v) is 5.97. The van der Waals surface area contributed by atoms with Crippen molar-refractivity contribution in [2.75, 3.05) is 6.61 Å². The molecule has 0 aromatic heterocycles. The topological polar surface area (TPSA) is 55.8 Å². The predicted molar refractivity (Wildman–Crippen MR) is 70.5 cm³/mol. The molecule has 21 heavy (non-hydrogen) atoms. The van der Waals surface area contributed by atoms with Gasteiger partial charge in [-0.2, -0.15) is 8.78 Å². The Morgan fingerprint density at radius 2 is 2.05 bits per heavy atom. The lowest BCUT2D eigenvalue weighted by atomic mass is 10.0. The van der Waals surface area contributed by atoms with Crippen LogP contribution in [-0.2, 0) is 4.79 Å². The van der Waals surface area contributed by atoms with Gasteiger partial charge < -0.3 is 14.6 Å². The normalized spacial score (nSPS) is 10.4. The number of hydrogen-bond acceptors (Lipinski definition) is 3. The van der Waals surface area contributed by atoms with Gasteiger partial charge in [0.1, 0.15) is 11.5 Å². The second kappa shape index (κ2) is 6.69. The molecule has 2 aromatic carbocycles. The summed E-state index contributed by atoms with van der Waals surface area (Å²) in [5.74, 6) is -0.863. The fourth-order valence-corrected chi connectivity index (χ4v) is 1.75. The van der Waals surface area contributed by atoms with E-state index in [1.54, 1.807) is 30.3 Å². The highest BCUT2D eigenvalue weighted by Gasteiger charge is 2.10. The molecule has 1 N–H and O–H groups in total. The Morgan fingerprint density at radius 1 is 1.29 bits per heavy atom. The van der Waals surface area contributed by atoms with Crippen LogP contribution in [0.3, 0.4) is 0 Å². The van der Waals surface area contributed by atoms with Crippen LogP contribution in [0.1, 0.15) is 0 Å². The molecule has 0 atom stereocenters. The number of hydrogen-bond donors (Lipinski definition) is 1. The molecule has 6 heteroatoms. The van der Waals surface area contributed by atoms with Crippen LogP contribution in [0.4, 0.5) is 8.78 Å². The summed E-state index contributed by atoms with van der Waals surface area (Å²) in [6.07, 6.45) is 0. The Labute approximate surface area is 119 Å². The van der Waals surface area contributed by atoms with Crippen LogP contribution in [0.5, 0.6) is 11.5 Å². The van der Waals surface area contributed by atoms with E-state index in [1.807, 2.05) is 0 Å². The fraction of sp³-hybridized carbons (Fsp3) is 0.133. The summed E-state index contributed by atoms with van der Waals surface area (Å²) >= 11 is 0. The van der Waals surface area contributed by atoms with E-state index in [1.165, 1.54) is 12.1 Å². The second-order valence-electron chi connectivity index (χ2n) is 4.00. The van der Waals surface area contributed by atoms with Crippen LogP contribution in [0.15, 0.2) is 42.5 Å². The fourth-order valence-electron chi connectivity index (χ4n) is 1.75. The van der Waals surface area contributed by atoms with Crippen molar-refractivity contribution in [2.45, 2.75) is 6.61 Å². The first kappa shape index (κ1) is 14.8. The second-order valence-corrected chi connectivity index (χ2v) is 4.00. The molecule has 0 aliphatic carbocycles. The van der Waals surface area contributed by atoms with Gasteiger partial charge >= 0.3 is 12.6 Å². The van der Waals surface area contributed by atoms with Crippen molar-refractivity contribution in [2.24, 2.45) is 0 Å². The molecule has 109 valence electrons. The molecule has 1 radical (unpaired) electrons. The first-order valence-electron chi connectivity index (χ1n) is 5.97. The molecule has 0 aliphatic heterocycles. The van der Waals surface area contributed by atoms with Crippen molar-refractivity contribution < 1.29 is 28.2 Å².